The summed E-state index contributed by atoms with van der Waals surface area (Å²) in [4.78, 5) is 20.0. The van der Waals surface area contributed by atoms with E-state index in [0.717, 1.165) is 70.7 Å². The topological polar surface area (TPSA) is 54.0 Å². The van der Waals surface area contributed by atoms with Crippen molar-refractivity contribution in [1.82, 2.24) is 19.9 Å². The maximum Gasteiger partial charge on any atom is 2.00 e. The molecule has 3 aromatic heterocycles. The average molecular weight is 652 g/mol. The van der Waals surface area contributed by atoms with Crippen LogP contribution in [0.4, 0.5) is 0 Å². The summed E-state index contributed by atoms with van der Waals surface area (Å²) in [7, 11) is 0. The van der Waals surface area contributed by atoms with Crippen molar-refractivity contribution >= 4 is 69.0 Å². The van der Waals surface area contributed by atoms with Gasteiger partial charge in [0.25, 0.3) is 0 Å². The van der Waals surface area contributed by atoms with Crippen molar-refractivity contribution in [3.8, 4) is 22.3 Å². The largest absolute Gasteiger partial charge is 2.00 e. The molecule has 6 heteroatoms. The van der Waals surface area contributed by atoms with E-state index in [-0.39, 0.29) is 19.5 Å². The average Bonchev–Trinajstić information content (AvgIpc) is 3.74. The van der Waals surface area contributed by atoms with E-state index in [0.29, 0.717) is 0 Å². The van der Waals surface area contributed by atoms with Gasteiger partial charge < -0.3 is 9.97 Å². The van der Waals surface area contributed by atoms with Gasteiger partial charge in [0.1, 0.15) is 0 Å². The standard InChI is InChI=1S/C32H19IN4.Zn/c33-32-28-17-15-26(36-28)30(20-7-3-1-4-8-20)24-13-11-22(34-24)19-23-12-14-25(35-23)31(21-9-5-2-6-10-21)27-16-18-29(32)37-27;/h1-19H;/q-2;+2. The number of nitrogens with zero attached hydrogens (tertiary/aromatic N) is 4. The fourth-order valence-corrected chi connectivity index (χ4v) is 5.39. The number of fused-ring (bicyclic) bond motifs is 8. The molecule has 38 heavy (non-hydrogen) atoms. The van der Waals surface area contributed by atoms with Gasteiger partial charge in [-0.15, -0.1) is 22.1 Å². The molecule has 7 rings (SSSR count). The second kappa shape index (κ2) is 10.3. The van der Waals surface area contributed by atoms with Gasteiger partial charge in [0.15, 0.2) is 0 Å². The molecule has 0 aliphatic carbocycles. The van der Waals surface area contributed by atoms with Crippen molar-refractivity contribution in [2.45, 2.75) is 0 Å². The fraction of sp³-hybridized carbons (Fsp3) is 0. The van der Waals surface area contributed by atoms with E-state index in [1.54, 1.807) is 0 Å². The zero-order valence-electron chi connectivity index (χ0n) is 20.3. The third-order valence-electron chi connectivity index (χ3n) is 6.50. The van der Waals surface area contributed by atoms with Crippen molar-refractivity contribution in [1.29, 1.82) is 0 Å². The summed E-state index contributed by atoms with van der Waals surface area (Å²) in [6, 6.07) is 30.9. The zero-order chi connectivity index (χ0) is 24.8. The summed E-state index contributed by atoms with van der Waals surface area (Å²) >= 11 is 2.35. The molecule has 5 aromatic rings. The Bertz CT molecular complexity index is 1850. The van der Waals surface area contributed by atoms with Crippen LogP contribution in [-0.2, 0) is 19.5 Å². The van der Waals surface area contributed by atoms with Gasteiger partial charge in [-0.3, -0.25) is 0 Å². The molecular formula is C32H19IN4Zn. The van der Waals surface area contributed by atoms with Gasteiger partial charge in [-0.2, -0.15) is 0 Å². The van der Waals surface area contributed by atoms with Crippen molar-refractivity contribution in [3.63, 3.8) is 0 Å². The van der Waals surface area contributed by atoms with E-state index >= 15 is 0 Å². The Morgan fingerprint density at radius 3 is 1.79 bits per heavy atom. The van der Waals surface area contributed by atoms with Gasteiger partial charge in [-0.25, -0.2) is 9.97 Å². The monoisotopic (exact) mass is 650 g/mol. The summed E-state index contributed by atoms with van der Waals surface area (Å²) in [6.07, 6.45) is 8.24. The first kappa shape index (κ1) is 24.7. The molecule has 0 spiro atoms. The Kier molecular flexibility index (Phi) is 6.68. The molecule has 5 heterocycles. The SMILES string of the molecule is Ic1c2nc(c(-c3ccccc3)c3ccc(cc4nc(c(-c5ccccc5)c5ccc1[n-]5)C=C4)[n-]3)C=C2.[Zn+2]. The summed E-state index contributed by atoms with van der Waals surface area (Å²) < 4.78 is 1.00. The van der Waals surface area contributed by atoms with E-state index in [4.69, 9.17) is 19.9 Å². The van der Waals surface area contributed by atoms with Crippen LogP contribution in [-0.4, -0.2) is 9.97 Å². The molecule has 4 nitrogen and oxygen atoms in total. The summed E-state index contributed by atoms with van der Waals surface area (Å²) in [5, 5.41) is 0. The van der Waals surface area contributed by atoms with Gasteiger partial charge in [0.2, 0.25) is 0 Å². The van der Waals surface area contributed by atoms with Gasteiger partial charge in [-0.1, -0.05) is 91.0 Å². The molecule has 0 atom stereocenters. The van der Waals surface area contributed by atoms with Gasteiger partial charge in [0, 0.05) is 3.57 Å². The summed E-state index contributed by atoms with van der Waals surface area (Å²) in [5.74, 6) is 0. The first-order valence-electron chi connectivity index (χ1n) is 12.0. The molecule has 0 N–H and O–H groups in total. The molecule has 0 unspecified atom stereocenters. The Hall–Kier alpha value is -3.61. The second-order valence-electron chi connectivity index (χ2n) is 8.88. The Morgan fingerprint density at radius 2 is 1.08 bits per heavy atom. The number of hydrogen-bond donors (Lipinski definition) is 0. The minimum absolute atomic E-state index is 0. The molecule has 2 aliphatic heterocycles. The molecule has 0 fully saturated rings. The zero-order valence-corrected chi connectivity index (χ0v) is 25.5. The molecule has 8 bridgehead atoms. The van der Waals surface area contributed by atoms with E-state index in [1.165, 1.54) is 0 Å². The third kappa shape index (κ3) is 4.48. The minimum Gasteiger partial charge on any atom is -0.657 e. The van der Waals surface area contributed by atoms with Gasteiger partial charge >= 0.3 is 19.5 Å². The van der Waals surface area contributed by atoms with Crippen LogP contribution in [0.15, 0.2) is 91.0 Å². The predicted molar refractivity (Wildman–Crippen MR) is 160 cm³/mol. The maximum atomic E-state index is 5.04. The van der Waals surface area contributed by atoms with E-state index in [9.17, 15) is 0 Å². The van der Waals surface area contributed by atoms with Crippen LogP contribution >= 0.6 is 22.6 Å². The first-order valence-corrected chi connectivity index (χ1v) is 13.1. The number of benzene rings is 2. The third-order valence-corrected chi connectivity index (χ3v) is 7.60. The smallest absolute Gasteiger partial charge is 0.657 e. The second-order valence-corrected chi connectivity index (χ2v) is 9.96. The van der Waals surface area contributed by atoms with E-state index < -0.39 is 0 Å². The fourth-order valence-electron chi connectivity index (χ4n) is 4.79. The molecule has 176 valence electrons. The van der Waals surface area contributed by atoms with Gasteiger partial charge in [0.05, 0.1) is 22.8 Å². The minimum atomic E-state index is 0. The molecule has 0 saturated heterocycles. The van der Waals surface area contributed by atoms with Crippen LogP contribution in [0.1, 0.15) is 22.8 Å². The number of hydrogen-bond acceptors (Lipinski definition) is 2. The van der Waals surface area contributed by atoms with Crippen molar-refractivity contribution in [3.05, 3.63) is 117 Å². The van der Waals surface area contributed by atoms with Crippen molar-refractivity contribution in [2.75, 3.05) is 0 Å². The molecule has 0 amide bonds. The van der Waals surface area contributed by atoms with Gasteiger partial charge in [-0.05, 0) is 69.1 Å². The van der Waals surface area contributed by atoms with Crippen LogP contribution in [0, 0.1) is 3.57 Å². The Balaban J connectivity index is 0.00000264. The summed E-state index contributed by atoms with van der Waals surface area (Å²) in [5.41, 5.74) is 11.3. The van der Waals surface area contributed by atoms with Crippen molar-refractivity contribution in [2.24, 2.45) is 0 Å². The quantitative estimate of drug-likeness (QED) is 0.141. The molecule has 0 saturated carbocycles. The van der Waals surface area contributed by atoms with Crippen molar-refractivity contribution < 1.29 is 19.5 Å². The summed E-state index contributed by atoms with van der Waals surface area (Å²) in [6.45, 7) is 0. The van der Waals surface area contributed by atoms with Crippen LogP contribution in [0.25, 0.3) is 68.6 Å². The Morgan fingerprint density at radius 1 is 0.526 bits per heavy atom. The Labute approximate surface area is 246 Å². The number of rotatable bonds is 2. The van der Waals surface area contributed by atoms with Crippen LogP contribution in [0.5, 0.6) is 0 Å². The van der Waals surface area contributed by atoms with E-state index in [1.807, 2.05) is 54.6 Å². The molecule has 2 aromatic carbocycles. The van der Waals surface area contributed by atoms with Crippen LogP contribution in [0.2, 0.25) is 0 Å². The molecule has 0 radical (unpaired) electrons. The number of halogens is 1. The van der Waals surface area contributed by atoms with Crippen LogP contribution < -0.4 is 9.97 Å². The number of aromatic nitrogens is 4. The van der Waals surface area contributed by atoms with E-state index in [2.05, 4.69) is 83.3 Å². The predicted octanol–water partition coefficient (Wildman–Crippen LogP) is 7.85. The maximum absolute atomic E-state index is 5.04. The first-order chi connectivity index (χ1) is 18.2. The molecule has 2 aliphatic rings. The van der Waals surface area contributed by atoms with Crippen LogP contribution in [0.3, 0.4) is 0 Å². The molecular weight excluding hydrogens is 633 g/mol. The normalized spacial score (nSPS) is 11.9.